The van der Waals surface area contributed by atoms with Gasteiger partial charge >= 0.3 is 0 Å². The van der Waals surface area contributed by atoms with E-state index in [0.717, 1.165) is 38.8 Å². The van der Waals surface area contributed by atoms with Crippen LogP contribution >= 0.6 is 0 Å². The molecule has 4 heteroatoms. The molecule has 1 rings (SSSR count). The van der Waals surface area contributed by atoms with E-state index in [1.807, 2.05) is 0 Å². The van der Waals surface area contributed by atoms with E-state index in [2.05, 4.69) is 10.6 Å². The van der Waals surface area contributed by atoms with Crippen molar-refractivity contribution in [2.24, 2.45) is 5.73 Å². The fourth-order valence-corrected chi connectivity index (χ4v) is 1.51. The molecule has 1 unspecified atom stereocenters. The molecule has 0 aromatic heterocycles. The summed E-state index contributed by atoms with van der Waals surface area (Å²) in [4.78, 5) is 11.4. The molecule has 0 saturated carbocycles. The van der Waals surface area contributed by atoms with Crippen molar-refractivity contribution in [3.05, 3.63) is 0 Å². The van der Waals surface area contributed by atoms with Crippen LogP contribution in [0.5, 0.6) is 0 Å². The predicted molar refractivity (Wildman–Crippen MR) is 52.3 cm³/mol. The predicted octanol–water partition coefficient (Wildman–Crippen LogP) is -0.406. The smallest absolute Gasteiger partial charge is 0.237 e. The Morgan fingerprint density at radius 1 is 1.54 bits per heavy atom. The third-order valence-corrected chi connectivity index (χ3v) is 2.31. The summed E-state index contributed by atoms with van der Waals surface area (Å²) in [7, 11) is 0. The van der Waals surface area contributed by atoms with Crippen LogP contribution in [0.15, 0.2) is 0 Å². The van der Waals surface area contributed by atoms with Crippen LogP contribution in [0.3, 0.4) is 0 Å². The zero-order chi connectivity index (χ0) is 9.52. The van der Waals surface area contributed by atoms with Crippen molar-refractivity contribution in [2.45, 2.75) is 31.7 Å². The SMILES string of the molecule is NCCCNC1CCCCNC1=O. The first-order valence-corrected chi connectivity index (χ1v) is 5.06. The first kappa shape index (κ1) is 10.5. The summed E-state index contributed by atoms with van der Waals surface area (Å²) >= 11 is 0. The van der Waals surface area contributed by atoms with Gasteiger partial charge in [0.1, 0.15) is 0 Å². The average Bonchev–Trinajstić information content (AvgIpc) is 2.32. The minimum Gasteiger partial charge on any atom is -0.355 e. The lowest BCUT2D eigenvalue weighted by Gasteiger charge is -2.14. The molecule has 0 bridgehead atoms. The van der Waals surface area contributed by atoms with E-state index in [1.54, 1.807) is 0 Å². The second-order valence-corrected chi connectivity index (χ2v) is 3.44. The molecule has 1 amide bonds. The van der Waals surface area contributed by atoms with Gasteiger partial charge in [-0.15, -0.1) is 0 Å². The number of carbonyl (C=O) groups excluding carboxylic acids is 1. The van der Waals surface area contributed by atoms with E-state index >= 15 is 0 Å². The van der Waals surface area contributed by atoms with Crippen LogP contribution < -0.4 is 16.4 Å². The monoisotopic (exact) mass is 185 g/mol. The molecule has 4 nitrogen and oxygen atoms in total. The Balaban J connectivity index is 2.24. The minimum absolute atomic E-state index is 0.00838. The van der Waals surface area contributed by atoms with E-state index in [0.29, 0.717) is 6.54 Å². The molecule has 0 radical (unpaired) electrons. The molecule has 1 atom stereocenters. The van der Waals surface area contributed by atoms with Crippen molar-refractivity contribution in [3.63, 3.8) is 0 Å². The molecule has 1 aliphatic rings. The van der Waals surface area contributed by atoms with Gasteiger partial charge in [-0.2, -0.15) is 0 Å². The van der Waals surface area contributed by atoms with Crippen LogP contribution in [0.25, 0.3) is 0 Å². The number of rotatable bonds is 4. The van der Waals surface area contributed by atoms with Gasteiger partial charge in [0.15, 0.2) is 0 Å². The Labute approximate surface area is 79.3 Å². The molecule has 1 fully saturated rings. The Kier molecular flexibility index (Phi) is 4.78. The maximum atomic E-state index is 11.4. The van der Waals surface area contributed by atoms with Crippen LogP contribution in [0.4, 0.5) is 0 Å². The largest absolute Gasteiger partial charge is 0.355 e. The number of carbonyl (C=O) groups is 1. The first-order valence-electron chi connectivity index (χ1n) is 5.06. The zero-order valence-electron chi connectivity index (χ0n) is 8.01. The van der Waals surface area contributed by atoms with E-state index < -0.39 is 0 Å². The molecule has 1 saturated heterocycles. The number of nitrogens with two attached hydrogens (primary N) is 1. The second kappa shape index (κ2) is 5.94. The van der Waals surface area contributed by atoms with Crippen molar-refractivity contribution in [1.82, 2.24) is 10.6 Å². The van der Waals surface area contributed by atoms with Gasteiger partial charge in [0, 0.05) is 6.54 Å². The highest BCUT2D eigenvalue weighted by Gasteiger charge is 2.18. The van der Waals surface area contributed by atoms with E-state index in [9.17, 15) is 4.79 Å². The Morgan fingerprint density at radius 2 is 2.38 bits per heavy atom. The molecule has 4 N–H and O–H groups in total. The Hall–Kier alpha value is -0.610. The van der Waals surface area contributed by atoms with Gasteiger partial charge in [0.2, 0.25) is 5.91 Å². The van der Waals surface area contributed by atoms with Crippen molar-refractivity contribution in [3.8, 4) is 0 Å². The van der Waals surface area contributed by atoms with Crippen LogP contribution in [0.2, 0.25) is 0 Å². The van der Waals surface area contributed by atoms with Gasteiger partial charge < -0.3 is 16.4 Å². The van der Waals surface area contributed by atoms with E-state index in [4.69, 9.17) is 5.73 Å². The van der Waals surface area contributed by atoms with Crippen molar-refractivity contribution < 1.29 is 4.79 Å². The first-order chi connectivity index (χ1) is 6.34. The molecular formula is C9H19N3O. The fraction of sp³-hybridized carbons (Fsp3) is 0.889. The van der Waals surface area contributed by atoms with Crippen LogP contribution in [0.1, 0.15) is 25.7 Å². The lowest BCUT2D eigenvalue weighted by atomic mass is 10.1. The van der Waals surface area contributed by atoms with Crippen molar-refractivity contribution in [2.75, 3.05) is 19.6 Å². The second-order valence-electron chi connectivity index (χ2n) is 3.44. The summed E-state index contributed by atoms with van der Waals surface area (Å²) in [6.45, 7) is 2.35. The van der Waals surface area contributed by atoms with Gasteiger partial charge in [-0.25, -0.2) is 0 Å². The summed E-state index contributed by atoms with van der Waals surface area (Å²) in [6.07, 6.45) is 4.11. The molecule has 0 aliphatic carbocycles. The van der Waals surface area contributed by atoms with Crippen LogP contribution in [0, 0.1) is 0 Å². The number of hydrogen-bond donors (Lipinski definition) is 3. The third kappa shape index (κ3) is 3.74. The quantitative estimate of drug-likeness (QED) is 0.522. The molecule has 0 aromatic rings. The highest BCUT2D eigenvalue weighted by molar-refractivity contribution is 5.81. The van der Waals surface area contributed by atoms with E-state index in [-0.39, 0.29) is 11.9 Å². The van der Waals surface area contributed by atoms with Crippen molar-refractivity contribution in [1.29, 1.82) is 0 Å². The Morgan fingerprint density at radius 3 is 3.15 bits per heavy atom. The van der Waals surface area contributed by atoms with Crippen molar-refractivity contribution >= 4 is 5.91 Å². The molecule has 13 heavy (non-hydrogen) atoms. The molecule has 1 aliphatic heterocycles. The molecule has 0 aromatic carbocycles. The maximum absolute atomic E-state index is 11.4. The third-order valence-electron chi connectivity index (χ3n) is 2.31. The van der Waals surface area contributed by atoms with Crippen LogP contribution in [-0.2, 0) is 4.79 Å². The van der Waals surface area contributed by atoms with Crippen LogP contribution in [-0.4, -0.2) is 31.6 Å². The maximum Gasteiger partial charge on any atom is 0.237 e. The zero-order valence-corrected chi connectivity index (χ0v) is 8.01. The lowest BCUT2D eigenvalue weighted by Crippen LogP contribution is -2.43. The van der Waals surface area contributed by atoms with Gasteiger partial charge in [-0.1, -0.05) is 0 Å². The lowest BCUT2D eigenvalue weighted by molar-refractivity contribution is -0.122. The van der Waals surface area contributed by atoms with Gasteiger partial charge in [-0.05, 0) is 38.8 Å². The standard InChI is InChI=1S/C9H19N3O/c10-5-3-7-11-8-4-1-2-6-12-9(8)13/h8,11H,1-7,10H2,(H,12,13). The molecule has 1 heterocycles. The summed E-state index contributed by atoms with van der Waals surface area (Å²) in [5.74, 6) is 0.148. The fourth-order valence-electron chi connectivity index (χ4n) is 1.51. The number of nitrogens with one attached hydrogen (secondary N) is 2. The number of amides is 1. The highest BCUT2D eigenvalue weighted by atomic mass is 16.2. The Bertz CT molecular complexity index is 161. The normalized spacial score (nSPS) is 23.8. The minimum atomic E-state index is 0.00838. The summed E-state index contributed by atoms with van der Waals surface area (Å²) in [5, 5.41) is 6.11. The molecular weight excluding hydrogens is 166 g/mol. The van der Waals surface area contributed by atoms with Gasteiger partial charge in [-0.3, -0.25) is 4.79 Å². The summed E-state index contributed by atoms with van der Waals surface area (Å²) in [5.41, 5.74) is 5.37. The summed E-state index contributed by atoms with van der Waals surface area (Å²) < 4.78 is 0. The number of hydrogen-bond acceptors (Lipinski definition) is 3. The van der Waals surface area contributed by atoms with E-state index in [1.165, 1.54) is 0 Å². The average molecular weight is 185 g/mol. The molecule has 0 spiro atoms. The topological polar surface area (TPSA) is 67.2 Å². The van der Waals surface area contributed by atoms with Gasteiger partial charge in [0.25, 0.3) is 0 Å². The molecule has 76 valence electrons. The highest BCUT2D eigenvalue weighted by Crippen LogP contribution is 2.04. The summed E-state index contributed by atoms with van der Waals surface area (Å²) in [6, 6.07) is 0.00838. The van der Waals surface area contributed by atoms with Gasteiger partial charge in [0.05, 0.1) is 6.04 Å².